The number of anilines is 2. The number of rotatable bonds is 1. The van der Waals surface area contributed by atoms with Crippen molar-refractivity contribution in [2.45, 2.75) is 19.0 Å². The lowest BCUT2D eigenvalue weighted by Crippen LogP contribution is -2.21. The SMILES string of the molecule is Nc1cc(N2CCCC2)nc(C(F)(F)F)c1. The number of halogens is 3. The van der Waals surface area contributed by atoms with Gasteiger partial charge < -0.3 is 10.6 Å². The first kappa shape index (κ1) is 11.0. The Hall–Kier alpha value is -1.46. The third kappa shape index (κ3) is 2.20. The number of pyridine rings is 1. The fourth-order valence-electron chi connectivity index (χ4n) is 1.79. The van der Waals surface area contributed by atoms with Crippen LogP contribution in [0.4, 0.5) is 24.7 Å². The first-order valence-electron chi connectivity index (χ1n) is 5.06. The molecule has 1 saturated heterocycles. The minimum atomic E-state index is -4.44. The monoisotopic (exact) mass is 231 g/mol. The van der Waals surface area contributed by atoms with Gasteiger partial charge in [0.15, 0.2) is 0 Å². The molecule has 0 atom stereocenters. The predicted molar refractivity (Wildman–Crippen MR) is 55.1 cm³/mol. The summed E-state index contributed by atoms with van der Waals surface area (Å²) in [7, 11) is 0. The third-order valence-electron chi connectivity index (χ3n) is 2.55. The fourth-order valence-corrected chi connectivity index (χ4v) is 1.79. The number of nitrogens with two attached hydrogens (primary N) is 1. The predicted octanol–water partition coefficient (Wildman–Crippen LogP) is 2.28. The lowest BCUT2D eigenvalue weighted by atomic mass is 10.3. The third-order valence-corrected chi connectivity index (χ3v) is 2.55. The van der Waals surface area contributed by atoms with E-state index < -0.39 is 11.9 Å². The zero-order valence-corrected chi connectivity index (χ0v) is 8.59. The lowest BCUT2D eigenvalue weighted by molar-refractivity contribution is -0.141. The molecule has 2 N–H and O–H groups in total. The fraction of sp³-hybridized carbons (Fsp3) is 0.500. The van der Waals surface area contributed by atoms with Gasteiger partial charge in [0.2, 0.25) is 0 Å². The summed E-state index contributed by atoms with van der Waals surface area (Å²) in [5, 5.41) is 0. The molecule has 88 valence electrons. The van der Waals surface area contributed by atoms with Gasteiger partial charge in [-0.1, -0.05) is 0 Å². The Morgan fingerprint density at radius 3 is 2.38 bits per heavy atom. The van der Waals surface area contributed by atoms with E-state index in [1.165, 1.54) is 6.07 Å². The van der Waals surface area contributed by atoms with E-state index >= 15 is 0 Å². The maximum absolute atomic E-state index is 12.5. The number of hydrogen-bond donors (Lipinski definition) is 1. The first-order chi connectivity index (χ1) is 7.47. The minimum Gasteiger partial charge on any atom is -0.399 e. The van der Waals surface area contributed by atoms with Gasteiger partial charge in [-0.05, 0) is 18.9 Å². The second-order valence-corrected chi connectivity index (χ2v) is 3.84. The Bertz CT molecular complexity index is 383. The van der Waals surface area contributed by atoms with Crippen LogP contribution in [0.25, 0.3) is 0 Å². The normalized spacial score (nSPS) is 16.8. The molecule has 0 aromatic carbocycles. The molecule has 0 spiro atoms. The first-order valence-corrected chi connectivity index (χ1v) is 5.06. The van der Waals surface area contributed by atoms with Crippen molar-refractivity contribution in [3.8, 4) is 0 Å². The summed E-state index contributed by atoms with van der Waals surface area (Å²) in [5.74, 6) is 0.324. The Balaban J connectivity index is 2.35. The van der Waals surface area contributed by atoms with Gasteiger partial charge in [0.1, 0.15) is 11.5 Å². The van der Waals surface area contributed by atoms with E-state index in [9.17, 15) is 13.2 Å². The van der Waals surface area contributed by atoms with Crippen molar-refractivity contribution < 1.29 is 13.2 Å². The molecule has 16 heavy (non-hydrogen) atoms. The molecule has 1 aromatic rings. The van der Waals surface area contributed by atoms with E-state index in [0.717, 1.165) is 32.0 Å². The van der Waals surface area contributed by atoms with Crippen molar-refractivity contribution in [1.29, 1.82) is 0 Å². The zero-order chi connectivity index (χ0) is 11.8. The molecule has 0 radical (unpaired) electrons. The highest BCUT2D eigenvalue weighted by molar-refractivity contribution is 5.53. The van der Waals surface area contributed by atoms with Crippen LogP contribution in [0.1, 0.15) is 18.5 Å². The van der Waals surface area contributed by atoms with Crippen molar-refractivity contribution in [1.82, 2.24) is 4.98 Å². The molecule has 0 aliphatic carbocycles. The Morgan fingerprint density at radius 1 is 1.19 bits per heavy atom. The Morgan fingerprint density at radius 2 is 1.81 bits per heavy atom. The maximum Gasteiger partial charge on any atom is 0.433 e. The summed E-state index contributed by atoms with van der Waals surface area (Å²) in [6.45, 7) is 1.49. The summed E-state index contributed by atoms with van der Waals surface area (Å²) in [6, 6.07) is 2.35. The molecule has 1 aliphatic rings. The topological polar surface area (TPSA) is 42.1 Å². The van der Waals surface area contributed by atoms with Gasteiger partial charge in [0, 0.05) is 24.8 Å². The van der Waals surface area contributed by atoms with Crippen molar-refractivity contribution in [3.05, 3.63) is 17.8 Å². The zero-order valence-electron chi connectivity index (χ0n) is 8.59. The Kier molecular flexibility index (Phi) is 2.65. The smallest absolute Gasteiger partial charge is 0.399 e. The maximum atomic E-state index is 12.5. The molecular weight excluding hydrogens is 219 g/mol. The highest BCUT2D eigenvalue weighted by atomic mass is 19.4. The average molecular weight is 231 g/mol. The van der Waals surface area contributed by atoms with Gasteiger partial charge >= 0.3 is 6.18 Å². The van der Waals surface area contributed by atoms with Crippen molar-refractivity contribution >= 4 is 11.5 Å². The number of aromatic nitrogens is 1. The van der Waals surface area contributed by atoms with Crippen molar-refractivity contribution in [2.24, 2.45) is 0 Å². The van der Waals surface area contributed by atoms with E-state index in [0.29, 0.717) is 5.82 Å². The molecule has 0 saturated carbocycles. The highest BCUT2D eigenvalue weighted by Crippen LogP contribution is 2.31. The van der Waals surface area contributed by atoms with Crippen LogP contribution in [0.2, 0.25) is 0 Å². The van der Waals surface area contributed by atoms with E-state index in [4.69, 9.17) is 5.73 Å². The largest absolute Gasteiger partial charge is 0.433 e. The summed E-state index contributed by atoms with van der Waals surface area (Å²) < 4.78 is 37.5. The number of nitrogen functional groups attached to an aromatic ring is 1. The molecule has 0 amide bonds. The molecule has 0 unspecified atom stereocenters. The molecule has 1 aliphatic heterocycles. The second-order valence-electron chi connectivity index (χ2n) is 3.84. The molecule has 1 aromatic heterocycles. The summed E-state index contributed by atoms with van der Waals surface area (Å²) in [5.41, 5.74) is 4.64. The van der Waals surface area contributed by atoms with Crippen LogP contribution >= 0.6 is 0 Å². The number of nitrogens with zero attached hydrogens (tertiary/aromatic N) is 2. The lowest BCUT2D eigenvalue weighted by Gasteiger charge is -2.18. The average Bonchev–Trinajstić information content (AvgIpc) is 2.68. The summed E-state index contributed by atoms with van der Waals surface area (Å²) >= 11 is 0. The van der Waals surface area contributed by atoms with Gasteiger partial charge in [0.25, 0.3) is 0 Å². The van der Waals surface area contributed by atoms with Crippen molar-refractivity contribution in [3.63, 3.8) is 0 Å². The van der Waals surface area contributed by atoms with E-state index in [1.54, 1.807) is 0 Å². The molecule has 3 nitrogen and oxygen atoms in total. The van der Waals surface area contributed by atoms with Crippen LogP contribution in [0.5, 0.6) is 0 Å². The van der Waals surface area contributed by atoms with E-state index in [1.807, 2.05) is 4.90 Å². The second kappa shape index (κ2) is 3.84. The van der Waals surface area contributed by atoms with Gasteiger partial charge in [0.05, 0.1) is 0 Å². The van der Waals surface area contributed by atoms with Gasteiger partial charge in [-0.25, -0.2) is 4.98 Å². The minimum absolute atomic E-state index is 0.101. The number of hydrogen-bond acceptors (Lipinski definition) is 3. The van der Waals surface area contributed by atoms with Crippen LogP contribution in [0.3, 0.4) is 0 Å². The molecule has 6 heteroatoms. The summed E-state index contributed by atoms with van der Waals surface area (Å²) in [4.78, 5) is 5.43. The van der Waals surface area contributed by atoms with Gasteiger partial charge in [-0.15, -0.1) is 0 Å². The van der Waals surface area contributed by atoms with Crippen LogP contribution in [0.15, 0.2) is 12.1 Å². The van der Waals surface area contributed by atoms with Gasteiger partial charge in [-0.3, -0.25) is 0 Å². The molecule has 2 rings (SSSR count). The molecular formula is C10H12F3N3. The summed E-state index contributed by atoms with van der Waals surface area (Å²) in [6.07, 6.45) is -2.47. The highest BCUT2D eigenvalue weighted by Gasteiger charge is 2.33. The van der Waals surface area contributed by atoms with E-state index in [-0.39, 0.29) is 5.69 Å². The van der Waals surface area contributed by atoms with Gasteiger partial charge in [-0.2, -0.15) is 13.2 Å². The van der Waals surface area contributed by atoms with E-state index in [2.05, 4.69) is 4.98 Å². The van der Waals surface area contributed by atoms with Crippen LogP contribution in [-0.4, -0.2) is 18.1 Å². The molecule has 1 fully saturated rings. The standard InChI is InChI=1S/C10H12F3N3/c11-10(12,13)8-5-7(14)6-9(15-8)16-3-1-2-4-16/h5-6H,1-4H2,(H2,14,15). The molecule has 2 heterocycles. The quantitative estimate of drug-likeness (QED) is 0.806. The van der Waals surface area contributed by atoms with Crippen LogP contribution in [-0.2, 0) is 6.18 Å². The molecule has 0 bridgehead atoms. The van der Waals surface area contributed by atoms with Crippen molar-refractivity contribution in [2.75, 3.05) is 23.7 Å². The van der Waals surface area contributed by atoms with Crippen LogP contribution < -0.4 is 10.6 Å². The number of alkyl halides is 3. The Labute approximate surface area is 91.1 Å². The van der Waals surface area contributed by atoms with Crippen LogP contribution in [0, 0.1) is 0 Å².